The third-order valence-electron chi connectivity index (χ3n) is 3.41. The third-order valence-corrected chi connectivity index (χ3v) is 3.41. The van der Waals surface area contributed by atoms with Crippen LogP contribution in [0.1, 0.15) is 52.1 Å². The zero-order valence-electron chi connectivity index (χ0n) is 12.8. The van der Waals surface area contributed by atoms with E-state index in [2.05, 4.69) is 19.2 Å². The van der Waals surface area contributed by atoms with E-state index in [9.17, 15) is 4.79 Å². The molecule has 20 heavy (non-hydrogen) atoms. The summed E-state index contributed by atoms with van der Waals surface area (Å²) in [6.45, 7) is 7.78. The van der Waals surface area contributed by atoms with Gasteiger partial charge in [-0.1, -0.05) is 32.0 Å². The van der Waals surface area contributed by atoms with Gasteiger partial charge in [0.25, 0.3) is 5.91 Å². The maximum Gasteiger partial charge on any atom is 0.260 e. The lowest BCUT2D eigenvalue weighted by Gasteiger charge is -2.21. The Morgan fingerprint density at radius 3 is 2.40 bits per heavy atom. The van der Waals surface area contributed by atoms with Gasteiger partial charge in [0, 0.05) is 17.6 Å². The first kappa shape index (κ1) is 16.5. The molecule has 0 fully saturated rings. The average molecular weight is 278 g/mol. The van der Waals surface area contributed by atoms with Crippen LogP contribution in [0, 0.1) is 0 Å². The number of carbonyl (C=O) groups excluding carboxylic acids is 1. The lowest BCUT2D eigenvalue weighted by Crippen LogP contribution is -2.42. The SMILES string of the molecule is CCC(CC)NC(=O)C(C)Oc1ccccc1[C@H](C)N. The van der Waals surface area contributed by atoms with Crippen molar-refractivity contribution in [2.75, 3.05) is 0 Å². The van der Waals surface area contributed by atoms with E-state index >= 15 is 0 Å². The first-order chi connectivity index (χ1) is 9.49. The van der Waals surface area contributed by atoms with Crippen molar-refractivity contribution in [1.82, 2.24) is 5.32 Å². The Morgan fingerprint density at radius 2 is 1.85 bits per heavy atom. The van der Waals surface area contributed by atoms with Gasteiger partial charge < -0.3 is 15.8 Å². The van der Waals surface area contributed by atoms with Crippen molar-refractivity contribution in [2.45, 2.75) is 58.7 Å². The van der Waals surface area contributed by atoms with E-state index in [-0.39, 0.29) is 18.0 Å². The molecule has 0 aliphatic heterocycles. The van der Waals surface area contributed by atoms with Gasteiger partial charge in [-0.2, -0.15) is 0 Å². The molecule has 4 heteroatoms. The van der Waals surface area contributed by atoms with Gasteiger partial charge in [0.2, 0.25) is 0 Å². The molecule has 3 N–H and O–H groups in total. The summed E-state index contributed by atoms with van der Waals surface area (Å²) >= 11 is 0. The minimum Gasteiger partial charge on any atom is -0.481 e. The number of nitrogens with two attached hydrogens (primary N) is 1. The van der Waals surface area contributed by atoms with Crippen LogP contribution < -0.4 is 15.8 Å². The second-order valence-corrected chi connectivity index (χ2v) is 5.11. The quantitative estimate of drug-likeness (QED) is 0.806. The van der Waals surface area contributed by atoms with E-state index in [1.165, 1.54) is 0 Å². The number of rotatable bonds is 7. The highest BCUT2D eigenvalue weighted by atomic mass is 16.5. The van der Waals surface area contributed by atoms with Crippen molar-refractivity contribution in [3.8, 4) is 5.75 Å². The molecule has 0 spiro atoms. The molecular formula is C16H26N2O2. The van der Waals surface area contributed by atoms with E-state index in [0.717, 1.165) is 18.4 Å². The van der Waals surface area contributed by atoms with E-state index in [1.807, 2.05) is 31.2 Å². The van der Waals surface area contributed by atoms with Crippen LogP contribution in [0.4, 0.5) is 0 Å². The molecule has 0 aliphatic carbocycles. The molecule has 112 valence electrons. The minimum absolute atomic E-state index is 0.0850. The summed E-state index contributed by atoms with van der Waals surface area (Å²) in [4.78, 5) is 12.1. The second-order valence-electron chi connectivity index (χ2n) is 5.11. The molecular weight excluding hydrogens is 252 g/mol. The lowest BCUT2D eigenvalue weighted by molar-refractivity contribution is -0.128. The Hall–Kier alpha value is -1.55. The molecule has 1 aromatic rings. The van der Waals surface area contributed by atoms with Crippen LogP contribution in [0.25, 0.3) is 0 Å². The van der Waals surface area contributed by atoms with Crippen molar-refractivity contribution < 1.29 is 9.53 Å². The molecule has 0 saturated carbocycles. The Morgan fingerprint density at radius 1 is 1.25 bits per heavy atom. The summed E-state index contributed by atoms with van der Waals surface area (Å²) in [6, 6.07) is 7.65. The molecule has 0 aliphatic rings. The van der Waals surface area contributed by atoms with E-state index in [1.54, 1.807) is 6.92 Å². The van der Waals surface area contributed by atoms with Crippen LogP contribution in [0.2, 0.25) is 0 Å². The van der Waals surface area contributed by atoms with E-state index < -0.39 is 6.10 Å². The van der Waals surface area contributed by atoms with Crippen LogP contribution >= 0.6 is 0 Å². The number of benzene rings is 1. The lowest BCUT2D eigenvalue weighted by atomic mass is 10.1. The molecule has 0 aromatic heterocycles. The number of carbonyl (C=O) groups is 1. The molecule has 4 nitrogen and oxygen atoms in total. The highest BCUT2D eigenvalue weighted by Crippen LogP contribution is 2.24. The van der Waals surface area contributed by atoms with Crippen LogP contribution in [-0.2, 0) is 4.79 Å². The van der Waals surface area contributed by atoms with Gasteiger partial charge in [-0.25, -0.2) is 0 Å². The first-order valence-corrected chi connectivity index (χ1v) is 7.31. The topological polar surface area (TPSA) is 64.3 Å². The Balaban J connectivity index is 2.70. The minimum atomic E-state index is -0.532. The number of ether oxygens (including phenoxy) is 1. The largest absolute Gasteiger partial charge is 0.481 e. The van der Waals surface area contributed by atoms with E-state index in [4.69, 9.17) is 10.5 Å². The van der Waals surface area contributed by atoms with Crippen molar-refractivity contribution in [3.63, 3.8) is 0 Å². The molecule has 0 heterocycles. The van der Waals surface area contributed by atoms with Gasteiger partial charge in [0.15, 0.2) is 6.10 Å². The summed E-state index contributed by atoms with van der Waals surface area (Å²) < 4.78 is 5.77. The second kappa shape index (κ2) is 7.90. The standard InChI is InChI=1S/C16H26N2O2/c1-5-13(6-2)18-16(19)12(4)20-15-10-8-7-9-14(15)11(3)17/h7-13H,5-6,17H2,1-4H3,(H,18,19)/t11-,12?/m0/s1. The summed E-state index contributed by atoms with van der Waals surface area (Å²) in [5, 5.41) is 2.99. The zero-order chi connectivity index (χ0) is 15.1. The normalized spacial score (nSPS) is 13.9. The number of hydrogen-bond acceptors (Lipinski definition) is 3. The number of hydrogen-bond donors (Lipinski definition) is 2. The zero-order valence-corrected chi connectivity index (χ0v) is 12.8. The highest BCUT2D eigenvalue weighted by molar-refractivity contribution is 5.81. The molecule has 1 unspecified atom stereocenters. The van der Waals surface area contributed by atoms with Gasteiger partial charge >= 0.3 is 0 Å². The maximum atomic E-state index is 12.1. The molecule has 1 rings (SSSR count). The molecule has 0 radical (unpaired) electrons. The maximum absolute atomic E-state index is 12.1. The van der Waals surface area contributed by atoms with Gasteiger partial charge in [-0.05, 0) is 32.8 Å². The van der Waals surface area contributed by atoms with Crippen LogP contribution in [0.15, 0.2) is 24.3 Å². The van der Waals surface area contributed by atoms with Gasteiger partial charge in [-0.15, -0.1) is 0 Å². The van der Waals surface area contributed by atoms with Crippen molar-refractivity contribution >= 4 is 5.91 Å². The summed E-state index contributed by atoms with van der Waals surface area (Å²) in [5.74, 6) is 0.591. The van der Waals surface area contributed by atoms with Crippen LogP contribution in [0.3, 0.4) is 0 Å². The van der Waals surface area contributed by atoms with Gasteiger partial charge in [0.05, 0.1) is 0 Å². The summed E-state index contributed by atoms with van der Waals surface area (Å²) in [5.41, 5.74) is 6.82. The summed E-state index contributed by atoms with van der Waals surface area (Å²) in [7, 11) is 0. The fourth-order valence-corrected chi connectivity index (χ4v) is 2.02. The Kier molecular flexibility index (Phi) is 6.52. The predicted octanol–water partition coefficient (Wildman–Crippen LogP) is 2.78. The molecule has 2 atom stereocenters. The number of nitrogens with one attached hydrogen (secondary N) is 1. The number of para-hydroxylation sites is 1. The van der Waals surface area contributed by atoms with Crippen molar-refractivity contribution in [2.24, 2.45) is 5.73 Å². The van der Waals surface area contributed by atoms with Crippen molar-refractivity contribution in [1.29, 1.82) is 0 Å². The number of amides is 1. The van der Waals surface area contributed by atoms with Crippen LogP contribution in [-0.4, -0.2) is 18.1 Å². The Bertz CT molecular complexity index is 428. The highest BCUT2D eigenvalue weighted by Gasteiger charge is 2.19. The van der Waals surface area contributed by atoms with E-state index in [0.29, 0.717) is 5.75 Å². The molecule has 1 aromatic carbocycles. The molecule has 0 bridgehead atoms. The molecule has 1 amide bonds. The Labute approximate surface area is 121 Å². The predicted molar refractivity (Wildman–Crippen MR) is 81.6 cm³/mol. The smallest absolute Gasteiger partial charge is 0.260 e. The summed E-state index contributed by atoms with van der Waals surface area (Å²) in [6.07, 6.45) is 1.31. The van der Waals surface area contributed by atoms with Gasteiger partial charge in [0.1, 0.15) is 5.75 Å². The van der Waals surface area contributed by atoms with Crippen LogP contribution in [0.5, 0.6) is 5.75 Å². The third kappa shape index (κ3) is 4.53. The fraction of sp³-hybridized carbons (Fsp3) is 0.562. The fourth-order valence-electron chi connectivity index (χ4n) is 2.02. The average Bonchev–Trinajstić information content (AvgIpc) is 2.44. The molecule has 0 saturated heterocycles. The van der Waals surface area contributed by atoms with Gasteiger partial charge in [-0.3, -0.25) is 4.79 Å². The first-order valence-electron chi connectivity index (χ1n) is 7.31. The van der Waals surface area contributed by atoms with Crippen molar-refractivity contribution in [3.05, 3.63) is 29.8 Å². The monoisotopic (exact) mass is 278 g/mol.